The molecule has 4 heterocycles. The van der Waals surface area contributed by atoms with Crippen LogP contribution in [0.5, 0.6) is 11.5 Å². The maximum absolute atomic E-state index is 16.6. The number of hydrogen-bond acceptors (Lipinski definition) is 3. The average molecular weight is 828 g/mol. The van der Waals surface area contributed by atoms with Gasteiger partial charge in [-0.3, -0.25) is 0 Å². The van der Waals surface area contributed by atoms with E-state index in [9.17, 15) is 0 Å². The number of furan rings is 1. The second-order valence-electron chi connectivity index (χ2n) is 17.9. The fourth-order valence-electron chi connectivity index (χ4n) is 11.9. The highest BCUT2D eigenvalue weighted by molar-refractivity contribution is 7.85. The predicted molar refractivity (Wildman–Crippen MR) is 257 cm³/mol. The van der Waals surface area contributed by atoms with E-state index in [4.69, 9.17) is 9.15 Å². The third kappa shape index (κ3) is 4.29. The van der Waals surface area contributed by atoms with Gasteiger partial charge in [0.2, 0.25) is 0 Å². The molecule has 0 saturated carbocycles. The van der Waals surface area contributed by atoms with Crippen LogP contribution in [0.4, 0.5) is 0 Å². The van der Waals surface area contributed by atoms with Crippen molar-refractivity contribution < 1.29 is 13.7 Å². The van der Waals surface area contributed by atoms with E-state index in [1.54, 1.807) is 0 Å². The van der Waals surface area contributed by atoms with Gasteiger partial charge in [-0.05, 0) is 69.8 Å². The summed E-state index contributed by atoms with van der Waals surface area (Å²) in [5.74, 6) is 1.54. The predicted octanol–water partition coefficient (Wildman–Crippen LogP) is 13.4. The van der Waals surface area contributed by atoms with Crippen LogP contribution >= 0.6 is 7.14 Å². The average Bonchev–Trinajstić information content (AvgIpc) is 3.95. The quantitative estimate of drug-likeness (QED) is 0.163. The molecular formula is C58H38NO3P. The Morgan fingerprint density at radius 1 is 0.476 bits per heavy atom. The van der Waals surface area contributed by atoms with Crippen LogP contribution in [0.25, 0.3) is 60.6 Å². The van der Waals surface area contributed by atoms with Gasteiger partial charge in [-0.1, -0.05) is 166 Å². The molecule has 298 valence electrons. The van der Waals surface area contributed by atoms with Gasteiger partial charge >= 0.3 is 0 Å². The molecule has 2 aromatic heterocycles. The molecule has 1 aliphatic carbocycles. The van der Waals surface area contributed by atoms with Crippen molar-refractivity contribution in [3.63, 3.8) is 0 Å². The Bertz CT molecular complexity index is 3850. The van der Waals surface area contributed by atoms with Gasteiger partial charge in [-0.25, -0.2) is 0 Å². The monoisotopic (exact) mass is 827 g/mol. The summed E-state index contributed by atoms with van der Waals surface area (Å²) in [5, 5.41) is 6.87. The maximum atomic E-state index is 16.6. The Morgan fingerprint density at radius 3 is 2.05 bits per heavy atom. The van der Waals surface area contributed by atoms with Gasteiger partial charge in [-0.2, -0.15) is 0 Å². The first kappa shape index (κ1) is 35.2. The molecule has 0 bridgehead atoms. The van der Waals surface area contributed by atoms with E-state index in [1.165, 1.54) is 38.5 Å². The molecule has 4 nitrogen and oxygen atoms in total. The van der Waals surface area contributed by atoms with Gasteiger partial charge in [0.05, 0.1) is 16.4 Å². The minimum atomic E-state index is -3.46. The standard InChI is InChI=1S/C58H38NO3P/c1-57(2)43-21-9-6-18-37(43)40-29-30-41-38-19-7-12-24-48(38)59(56(41)55(40)57)35-28-31-45-52(32-35)62-50-26-14-10-22-44(50)58(45)46-23-11-15-27-53(46)63(60,36-16-4-3-5-17-36)54-34-51-42(33-47(54)58)39-20-8-13-25-49(39)61-51/h3-34H,1-2H3. The molecular weight excluding hydrogens is 790 g/mol. The second-order valence-corrected chi connectivity index (χ2v) is 20.6. The smallest absolute Gasteiger partial charge is 0.171 e. The Labute approximate surface area is 364 Å². The number of fused-ring (bicyclic) bond motifs is 18. The van der Waals surface area contributed by atoms with E-state index in [2.05, 4.69) is 164 Å². The van der Waals surface area contributed by atoms with Crippen LogP contribution in [0.3, 0.4) is 0 Å². The van der Waals surface area contributed by atoms with Gasteiger partial charge in [-0.15, -0.1) is 0 Å². The molecule has 2 aliphatic heterocycles. The summed E-state index contributed by atoms with van der Waals surface area (Å²) in [4.78, 5) is 0. The van der Waals surface area contributed by atoms with Crippen LogP contribution in [0, 0.1) is 0 Å². The number of aromatic nitrogens is 1. The normalized spacial score (nSPS) is 18.8. The summed E-state index contributed by atoms with van der Waals surface area (Å²) < 4.78 is 32.8. The number of nitrogens with zero attached hydrogens (tertiary/aromatic N) is 1. The summed E-state index contributed by atoms with van der Waals surface area (Å²) in [6.45, 7) is 4.73. The van der Waals surface area contributed by atoms with Crippen molar-refractivity contribution in [1.29, 1.82) is 0 Å². The van der Waals surface area contributed by atoms with Gasteiger partial charge in [0.15, 0.2) is 7.14 Å². The number of hydrogen-bond donors (Lipinski definition) is 0. The minimum Gasteiger partial charge on any atom is -0.457 e. The van der Waals surface area contributed by atoms with Crippen molar-refractivity contribution in [3.05, 3.63) is 228 Å². The molecule has 14 rings (SSSR count). The van der Waals surface area contributed by atoms with Crippen LogP contribution in [0.15, 0.2) is 199 Å². The lowest BCUT2D eigenvalue weighted by Gasteiger charge is -2.47. The number of benzene rings is 9. The van der Waals surface area contributed by atoms with Crippen molar-refractivity contribution in [2.24, 2.45) is 0 Å². The Kier molecular flexibility index (Phi) is 6.80. The van der Waals surface area contributed by atoms with Gasteiger partial charge in [0, 0.05) is 65.8 Å². The van der Waals surface area contributed by atoms with Crippen molar-refractivity contribution in [1.82, 2.24) is 4.57 Å². The third-order valence-electron chi connectivity index (χ3n) is 14.5. The lowest BCUT2D eigenvalue weighted by atomic mass is 9.63. The summed E-state index contributed by atoms with van der Waals surface area (Å²) in [7, 11) is -3.46. The van der Waals surface area contributed by atoms with Crippen molar-refractivity contribution in [2.45, 2.75) is 24.7 Å². The first-order chi connectivity index (χ1) is 30.9. The molecule has 3 aliphatic rings. The SMILES string of the molecule is CC1(C)c2ccccc2-c2ccc3c4ccccc4n(-c4ccc5c(c4)Oc4ccccc4C54c5ccccc5P(=O)(c5ccccc5)c5cc6oc7ccccc7c6cc54)c3c21. The highest BCUT2D eigenvalue weighted by Crippen LogP contribution is 2.63. The Hall–Kier alpha value is -7.39. The molecule has 0 fully saturated rings. The topological polar surface area (TPSA) is 44.4 Å². The molecule has 0 amide bonds. The minimum absolute atomic E-state index is 0.226. The molecule has 2 unspecified atom stereocenters. The summed E-state index contributed by atoms with van der Waals surface area (Å²) in [6.07, 6.45) is 0. The van der Waals surface area contributed by atoms with Crippen LogP contribution in [-0.4, -0.2) is 4.57 Å². The molecule has 63 heavy (non-hydrogen) atoms. The molecule has 2 atom stereocenters. The first-order valence-electron chi connectivity index (χ1n) is 21.7. The summed E-state index contributed by atoms with van der Waals surface area (Å²) in [5.41, 5.74) is 13.0. The van der Waals surface area contributed by atoms with Gasteiger partial charge in [0.25, 0.3) is 0 Å². The van der Waals surface area contributed by atoms with Crippen LogP contribution < -0.4 is 20.7 Å². The largest absolute Gasteiger partial charge is 0.457 e. The van der Waals surface area contributed by atoms with Crippen molar-refractivity contribution in [3.8, 4) is 28.3 Å². The maximum Gasteiger partial charge on any atom is 0.171 e. The fraction of sp³-hybridized carbons (Fsp3) is 0.0690. The zero-order valence-electron chi connectivity index (χ0n) is 34.6. The molecule has 11 aromatic rings. The molecule has 0 saturated heterocycles. The van der Waals surface area contributed by atoms with Crippen molar-refractivity contribution in [2.75, 3.05) is 0 Å². The molecule has 9 aromatic carbocycles. The zero-order valence-corrected chi connectivity index (χ0v) is 35.5. The van der Waals surface area contributed by atoms with Crippen LogP contribution in [-0.2, 0) is 15.4 Å². The number of para-hydroxylation sites is 3. The highest BCUT2D eigenvalue weighted by atomic mass is 31.2. The Balaban J connectivity index is 1.11. The lowest BCUT2D eigenvalue weighted by molar-refractivity contribution is 0.435. The molecule has 0 N–H and O–H groups in total. The third-order valence-corrected chi connectivity index (χ3v) is 17.6. The van der Waals surface area contributed by atoms with E-state index in [0.29, 0.717) is 0 Å². The first-order valence-corrected chi connectivity index (χ1v) is 23.4. The second kappa shape index (κ2) is 12.2. The van der Waals surface area contributed by atoms with E-state index in [0.717, 1.165) is 82.8 Å². The number of ether oxygens (including phenoxy) is 1. The molecule has 0 radical (unpaired) electrons. The van der Waals surface area contributed by atoms with Crippen LogP contribution in [0.1, 0.15) is 47.2 Å². The van der Waals surface area contributed by atoms with Crippen LogP contribution in [0.2, 0.25) is 0 Å². The van der Waals surface area contributed by atoms with E-state index >= 15 is 4.57 Å². The summed E-state index contributed by atoms with van der Waals surface area (Å²) in [6, 6.07) is 68.5. The molecule has 5 heteroatoms. The van der Waals surface area contributed by atoms with E-state index in [-0.39, 0.29) is 5.41 Å². The van der Waals surface area contributed by atoms with Gasteiger partial charge in [0.1, 0.15) is 22.7 Å². The highest BCUT2D eigenvalue weighted by Gasteiger charge is 2.55. The fourth-order valence-corrected chi connectivity index (χ4v) is 15.1. The zero-order chi connectivity index (χ0) is 41.8. The van der Waals surface area contributed by atoms with Gasteiger partial charge < -0.3 is 18.3 Å². The van der Waals surface area contributed by atoms with E-state index < -0.39 is 12.6 Å². The Morgan fingerprint density at radius 2 is 1.17 bits per heavy atom. The van der Waals surface area contributed by atoms with Crippen molar-refractivity contribution >= 4 is 66.8 Å². The summed E-state index contributed by atoms with van der Waals surface area (Å²) >= 11 is 0. The van der Waals surface area contributed by atoms with E-state index in [1.807, 2.05) is 48.5 Å². The number of rotatable bonds is 2. The lowest BCUT2D eigenvalue weighted by Crippen LogP contribution is -2.48. The molecule has 1 spiro atoms.